The standard InChI is InChI=1S/C56H78Cl2O32/c1-10-28(63)79-45-43-27(87-56(88-43)48-47(73-16-74-48)55(71,22(7)60)23(8)86-56)15-72-52(45)84-50-38(68)37(67)42(26(14-59)78-50)83-51-39(69)44(34(64)18(3)77-51)81-30-13-53(9)46(21(6)76-30)89-54(90-53)12-25(62)41(20(5)85-54)80-29-11-24(61)40(19(4)75-29)82-49(70)31-17(2)32(57)36(66)33(58)35(31)65/h18-21,23-27,29-30,34,37-48,50-52,59,61-62,64-69,71H,10-16H2,1-9H3/t18-,19-,20-,21-,23-,24-,25-,26-,27+,29+,30+,34+,37-,38+,39-,40-,41-,42-,43-,44+,45-,46-,47-,48-,50+,51+,52-,53-,54?,55+,56-/m1/s1. The average molecular weight is 1330 g/mol. The van der Waals surface area contributed by atoms with E-state index in [1.165, 1.54) is 41.5 Å². The van der Waals surface area contributed by atoms with Gasteiger partial charge in [0.25, 0.3) is 5.97 Å². The van der Waals surface area contributed by atoms with E-state index < -0.39 is 235 Å². The molecular weight excluding hydrogens is 1260 g/mol. The van der Waals surface area contributed by atoms with E-state index in [0.717, 1.165) is 0 Å². The minimum Gasteiger partial charge on any atom is -0.505 e. The lowest BCUT2D eigenvalue weighted by molar-refractivity contribution is -0.428. The van der Waals surface area contributed by atoms with Crippen molar-refractivity contribution in [3.05, 3.63) is 21.2 Å². The van der Waals surface area contributed by atoms with Crippen LogP contribution in [0.3, 0.4) is 0 Å². The Bertz CT molecular complexity index is 2750. The summed E-state index contributed by atoms with van der Waals surface area (Å²) < 4.78 is 115. The fourth-order valence-electron chi connectivity index (χ4n) is 13.6. The number of hydrogen-bond donors (Lipinski definition) is 10. The topological polar surface area (TPSA) is 429 Å². The van der Waals surface area contributed by atoms with Crippen molar-refractivity contribution in [1.82, 2.24) is 0 Å². The summed E-state index contributed by atoms with van der Waals surface area (Å²) in [6.07, 6.45) is -37.7. The van der Waals surface area contributed by atoms with E-state index in [2.05, 4.69) is 0 Å². The van der Waals surface area contributed by atoms with Gasteiger partial charge in [0.15, 0.2) is 66.4 Å². The molecule has 10 saturated heterocycles. The van der Waals surface area contributed by atoms with Crippen LogP contribution in [-0.4, -0.2) is 278 Å². The molecule has 10 heterocycles. The molecule has 0 bridgehead atoms. The number of rotatable bonds is 14. The molecule has 1 aromatic carbocycles. The molecule has 10 aliphatic heterocycles. The van der Waals surface area contributed by atoms with E-state index in [0.29, 0.717) is 0 Å². The summed E-state index contributed by atoms with van der Waals surface area (Å²) in [5.74, 6) is -7.87. The van der Waals surface area contributed by atoms with Crippen molar-refractivity contribution in [2.45, 2.75) is 277 Å². The molecular formula is C56H78Cl2O32. The number of phenols is 2. The van der Waals surface area contributed by atoms with E-state index in [1.807, 2.05) is 0 Å². The van der Waals surface area contributed by atoms with Gasteiger partial charge in [0.05, 0.1) is 67.4 Å². The predicted molar refractivity (Wildman–Crippen MR) is 289 cm³/mol. The van der Waals surface area contributed by atoms with Crippen molar-refractivity contribution in [1.29, 1.82) is 0 Å². The number of esters is 2. The van der Waals surface area contributed by atoms with Crippen LogP contribution in [0.25, 0.3) is 0 Å². The number of hydrogen-bond acceptors (Lipinski definition) is 32. The minimum absolute atomic E-state index is 0.0181. The van der Waals surface area contributed by atoms with E-state index in [4.69, 9.17) is 113 Å². The van der Waals surface area contributed by atoms with Crippen molar-refractivity contribution < 1.29 is 155 Å². The Balaban J connectivity index is 0.697. The first-order chi connectivity index (χ1) is 42.4. The lowest BCUT2D eigenvalue weighted by Gasteiger charge is -2.49. The monoisotopic (exact) mass is 1330 g/mol. The lowest BCUT2D eigenvalue weighted by Crippen LogP contribution is -2.72. The maximum Gasteiger partial charge on any atom is 0.342 e. The van der Waals surface area contributed by atoms with Crippen LogP contribution >= 0.6 is 23.2 Å². The number of halogens is 2. The van der Waals surface area contributed by atoms with Crippen LogP contribution in [0.1, 0.15) is 97.0 Å². The van der Waals surface area contributed by atoms with Gasteiger partial charge in [-0.25, -0.2) is 4.79 Å². The zero-order chi connectivity index (χ0) is 65.2. The Labute approximate surface area is 524 Å². The van der Waals surface area contributed by atoms with Crippen LogP contribution in [0.5, 0.6) is 11.5 Å². The molecule has 31 atom stereocenters. The Hall–Kier alpha value is -2.99. The van der Waals surface area contributed by atoms with Crippen molar-refractivity contribution in [3.63, 3.8) is 0 Å². The highest BCUT2D eigenvalue weighted by atomic mass is 35.5. The summed E-state index contributed by atoms with van der Waals surface area (Å²) in [5.41, 5.74) is -3.86. The predicted octanol–water partition coefficient (Wildman–Crippen LogP) is -1.46. The second-order valence-electron chi connectivity index (χ2n) is 24.6. The van der Waals surface area contributed by atoms with Crippen molar-refractivity contribution in [2.24, 2.45) is 0 Å². The number of phenolic OH excluding ortho intramolecular Hbond substituents is 2. The fraction of sp³-hybridized carbons (Fsp3) is 0.839. The van der Waals surface area contributed by atoms with Gasteiger partial charge in [-0.05, 0) is 61.0 Å². The molecule has 0 amide bonds. The zero-order valence-electron chi connectivity index (χ0n) is 50.2. The average Bonchev–Trinajstić information content (AvgIpc) is 1.53. The van der Waals surface area contributed by atoms with E-state index in [-0.39, 0.29) is 49.7 Å². The summed E-state index contributed by atoms with van der Waals surface area (Å²) in [6.45, 7) is 11.9. The molecule has 0 aromatic heterocycles. The number of aromatic hydroxyl groups is 2. The van der Waals surface area contributed by atoms with Crippen LogP contribution in [0.15, 0.2) is 0 Å². The quantitative estimate of drug-likeness (QED) is 0.0952. The lowest BCUT2D eigenvalue weighted by atomic mass is 9.81. The molecule has 0 radical (unpaired) electrons. The first kappa shape index (κ1) is 68.4. The Morgan fingerprint density at radius 1 is 0.633 bits per heavy atom. The first-order valence-electron chi connectivity index (χ1n) is 29.8. The normalized spacial score (nSPS) is 49.3. The van der Waals surface area contributed by atoms with Crippen molar-refractivity contribution in [2.75, 3.05) is 20.0 Å². The highest BCUT2D eigenvalue weighted by Gasteiger charge is 2.73. The third-order valence-corrected chi connectivity index (χ3v) is 19.2. The molecule has 508 valence electrons. The highest BCUT2D eigenvalue weighted by molar-refractivity contribution is 6.39. The van der Waals surface area contributed by atoms with Gasteiger partial charge < -0.3 is 141 Å². The van der Waals surface area contributed by atoms with Gasteiger partial charge >= 0.3 is 17.9 Å². The van der Waals surface area contributed by atoms with Gasteiger partial charge in [-0.15, -0.1) is 0 Å². The molecule has 2 spiro atoms. The van der Waals surface area contributed by atoms with Crippen LogP contribution in [0, 0.1) is 6.92 Å². The number of carbonyl (C=O) groups excluding carboxylic acids is 3. The first-order valence-corrected chi connectivity index (χ1v) is 30.5. The van der Waals surface area contributed by atoms with Crippen molar-refractivity contribution in [3.8, 4) is 11.5 Å². The molecule has 10 N–H and O–H groups in total. The smallest absolute Gasteiger partial charge is 0.342 e. The second kappa shape index (κ2) is 25.9. The number of benzene rings is 1. The second-order valence-corrected chi connectivity index (χ2v) is 25.4. The van der Waals surface area contributed by atoms with Gasteiger partial charge in [-0.1, -0.05) is 30.1 Å². The fourth-order valence-corrected chi connectivity index (χ4v) is 14.1. The highest BCUT2D eigenvalue weighted by Crippen LogP contribution is 2.53. The molecule has 0 saturated carbocycles. The minimum atomic E-state index is -2.15. The number of ether oxygens (including phenoxy) is 19. The number of fused-ring (bicyclic) bond motifs is 4. The molecule has 32 nitrogen and oxygen atoms in total. The van der Waals surface area contributed by atoms with Gasteiger partial charge in [0.2, 0.25) is 6.29 Å². The molecule has 1 unspecified atom stereocenters. The SMILES string of the molecule is CCC(=O)O[C@H]1[C@@H](O[C@@H]2O[C@H](CO)[C@@H](O[C@@H]3O[C@H](C)[C@H](O)[C@H](O[C@H]4C[C@@]5(C)OC6(C[C@@H](O)[C@H](O[C@H]7C[C@@H](O)[C@H](OC(=O)c8c(C)c(Cl)c(O)c(Cl)c8O)[C@@H](C)O7)[C@@H](C)O6)O[C@@H]5[C@@H](C)O4)[C@H]3O)[C@H](O)[C@@H]2O)OC[C@@H]2O[C@]3(O[C@@H]12)O[C@H](C)[C@@](O)(C(C)=O)[C@@H]1OCO[C@H]13. The van der Waals surface area contributed by atoms with Crippen molar-refractivity contribution >= 4 is 40.9 Å². The summed E-state index contributed by atoms with van der Waals surface area (Å²) in [7, 11) is 0. The molecule has 1 aromatic rings. The van der Waals surface area contributed by atoms with Gasteiger partial charge in [-0.2, -0.15) is 0 Å². The summed E-state index contributed by atoms with van der Waals surface area (Å²) >= 11 is 12.1. The van der Waals surface area contributed by atoms with Gasteiger partial charge in [-0.3, -0.25) is 9.59 Å². The Kier molecular flexibility index (Phi) is 19.7. The Morgan fingerprint density at radius 3 is 2.00 bits per heavy atom. The zero-order valence-corrected chi connectivity index (χ0v) is 51.8. The molecule has 10 aliphatic rings. The number of Topliss-reactive ketones (excluding diaryl/α,β-unsaturated/α-hetero) is 1. The van der Waals surface area contributed by atoms with Gasteiger partial charge in [0.1, 0.15) is 96.2 Å². The molecule has 10 fully saturated rings. The third kappa shape index (κ3) is 12.1. The van der Waals surface area contributed by atoms with E-state index >= 15 is 0 Å². The largest absolute Gasteiger partial charge is 0.505 e. The number of ketones is 1. The van der Waals surface area contributed by atoms with Crippen LogP contribution in [0.2, 0.25) is 10.0 Å². The number of aliphatic hydroxyl groups excluding tert-OH is 7. The van der Waals surface area contributed by atoms with Gasteiger partial charge in [0, 0.05) is 19.3 Å². The summed E-state index contributed by atoms with van der Waals surface area (Å²) in [5, 5.41) is 111. The molecule has 0 aliphatic carbocycles. The molecule has 90 heavy (non-hydrogen) atoms. The maximum absolute atomic E-state index is 13.3. The Morgan fingerprint density at radius 2 is 1.32 bits per heavy atom. The van der Waals surface area contributed by atoms with Crippen LogP contribution in [0.4, 0.5) is 0 Å². The number of carbonyl (C=O) groups is 3. The third-order valence-electron chi connectivity index (χ3n) is 18.4. The maximum atomic E-state index is 13.3. The van der Waals surface area contributed by atoms with Crippen LogP contribution < -0.4 is 0 Å². The molecule has 34 heteroatoms. The van der Waals surface area contributed by atoms with E-state index in [1.54, 1.807) is 20.8 Å². The summed E-state index contributed by atoms with van der Waals surface area (Å²) in [6, 6.07) is 0. The van der Waals surface area contributed by atoms with E-state index in [9.17, 15) is 65.4 Å². The summed E-state index contributed by atoms with van der Waals surface area (Å²) in [4.78, 5) is 38.9. The molecule has 11 rings (SSSR count). The number of aliphatic hydroxyl groups is 8. The van der Waals surface area contributed by atoms with Crippen LogP contribution in [-0.2, 0) is 99.6 Å².